The molecule has 112 valence electrons. The summed E-state index contributed by atoms with van der Waals surface area (Å²) < 4.78 is 10.6. The van der Waals surface area contributed by atoms with E-state index in [0.29, 0.717) is 37.7 Å². The number of para-hydroxylation sites is 2. The fourth-order valence-electron chi connectivity index (χ4n) is 2.86. The third-order valence-corrected chi connectivity index (χ3v) is 3.94. The zero-order valence-electron chi connectivity index (χ0n) is 11.9. The quantitative estimate of drug-likeness (QED) is 0.765. The van der Waals surface area contributed by atoms with Crippen LogP contribution in [0, 0.1) is 0 Å². The van der Waals surface area contributed by atoms with Crippen LogP contribution in [0.2, 0.25) is 0 Å². The van der Waals surface area contributed by atoms with Gasteiger partial charge in [-0.05, 0) is 12.1 Å². The highest BCUT2D eigenvalue weighted by molar-refractivity contribution is 6.23. The minimum atomic E-state index is -0.383. The van der Waals surface area contributed by atoms with Gasteiger partial charge in [-0.2, -0.15) is 0 Å². The predicted octanol–water partition coefficient (Wildman–Crippen LogP) is 0.659. The Hall–Kier alpha value is -1.92. The van der Waals surface area contributed by atoms with Crippen LogP contribution < -0.4 is 9.64 Å². The maximum Gasteiger partial charge on any atom is 0.251 e. The molecule has 1 aromatic carbocycles. The molecule has 6 nitrogen and oxygen atoms in total. The summed E-state index contributed by atoms with van der Waals surface area (Å²) in [6.45, 7) is 2.58. The van der Waals surface area contributed by atoms with Gasteiger partial charge in [0.1, 0.15) is 5.75 Å². The number of amides is 2. The fraction of sp³-hybridized carbons (Fsp3) is 0.467. The van der Waals surface area contributed by atoms with E-state index in [4.69, 9.17) is 9.47 Å². The topological polar surface area (TPSA) is 59.1 Å². The Kier molecular flexibility index (Phi) is 3.90. The molecule has 2 fully saturated rings. The molecule has 0 N–H and O–H groups in total. The van der Waals surface area contributed by atoms with Crippen LogP contribution >= 0.6 is 0 Å². The van der Waals surface area contributed by atoms with Crippen molar-refractivity contribution < 1.29 is 19.1 Å². The summed E-state index contributed by atoms with van der Waals surface area (Å²) in [7, 11) is 1.53. The summed E-state index contributed by atoms with van der Waals surface area (Å²) in [6, 6.07) is 6.70. The molecule has 2 amide bonds. The van der Waals surface area contributed by atoms with Crippen molar-refractivity contribution in [1.82, 2.24) is 4.90 Å². The zero-order chi connectivity index (χ0) is 14.8. The summed E-state index contributed by atoms with van der Waals surface area (Å²) in [6.07, 6.45) is 0.219. The molecule has 0 saturated carbocycles. The first-order chi connectivity index (χ1) is 10.2. The average molecular weight is 290 g/mol. The van der Waals surface area contributed by atoms with Gasteiger partial charge in [-0.3, -0.25) is 14.5 Å². The van der Waals surface area contributed by atoms with E-state index in [-0.39, 0.29) is 24.3 Å². The van der Waals surface area contributed by atoms with E-state index >= 15 is 0 Å². The van der Waals surface area contributed by atoms with Gasteiger partial charge in [0, 0.05) is 13.1 Å². The Balaban J connectivity index is 1.86. The highest BCUT2D eigenvalue weighted by Crippen LogP contribution is 2.33. The summed E-state index contributed by atoms with van der Waals surface area (Å²) in [5, 5.41) is 0. The molecule has 0 bridgehead atoms. The summed E-state index contributed by atoms with van der Waals surface area (Å²) in [4.78, 5) is 28.2. The third-order valence-electron chi connectivity index (χ3n) is 3.94. The van der Waals surface area contributed by atoms with E-state index in [1.807, 2.05) is 11.0 Å². The van der Waals surface area contributed by atoms with E-state index in [0.717, 1.165) is 0 Å². The number of hydrogen-bond donors (Lipinski definition) is 0. The van der Waals surface area contributed by atoms with Crippen molar-refractivity contribution in [2.24, 2.45) is 0 Å². The monoisotopic (exact) mass is 290 g/mol. The molecule has 2 aliphatic heterocycles. The van der Waals surface area contributed by atoms with Gasteiger partial charge in [0.25, 0.3) is 5.91 Å². The number of morpholine rings is 1. The van der Waals surface area contributed by atoms with Crippen LogP contribution in [0.1, 0.15) is 6.42 Å². The van der Waals surface area contributed by atoms with Crippen molar-refractivity contribution >= 4 is 17.5 Å². The first kappa shape index (κ1) is 14.0. The molecule has 2 saturated heterocycles. The largest absolute Gasteiger partial charge is 0.495 e. The molecule has 1 unspecified atom stereocenters. The molecule has 6 heteroatoms. The van der Waals surface area contributed by atoms with Crippen LogP contribution in [0.5, 0.6) is 5.75 Å². The minimum absolute atomic E-state index is 0.175. The van der Waals surface area contributed by atoms with Crippen LogP contribution in [0.15, 0.2) is 24.3 Å². The fourth-order valence-corrected chi connectivity index (χ4v) is 2.86. The lowest BCUT2D eigenvalue weighted by atomic mass is 10.2. The normalized spacial score (nSPS) is 23.7. The molecule has 1 atom stereocenters. The number of ether oxygens (including phenoxy) is 2. The summed E-state index contributed by atoms with van der Waals surface area (Å²) >= 11 is 0. The Morgan fingerprint density at radius 1 is 1.19 bits per heavy atom. The van der Waals surface area contributed by atoms with Gasteiger partial charge in [0.2, 0.25) is 5.91 Å². The smallest absolute Gasteiger partial charge is 0.251 e. The SMILES string of the molecule is COc1ccccc1N1C(=O)CC(N2CCOCC2)C1=O. The first-order valence-corrected chi connectivity index (χ1v) is 7.04. The molecule has 0 aliphatic carbocycles. The number of hydrogen-bond acceptors (Lipinski definition) is 5. The van der Waals surface area contributed by atoms with Gasteiger partial charge in [-0.15, -0.1) is 0 Å². The molecule has 0 spiro atoms. The number of imide groups is 1. The van der Waals surface area contributed by atoms with Gasteiger partial charge < -0.3 is 9.47 Å². The van der Waals surface area contributed by atoms with Crippen molar-refractivity contribution in [3.05, 3.63) is 24.3 Å². The number of carbonyl (C=O) groups excluding carboxylic acids is 2. The molecule has 2 aliphatic rings. The van der Waals surface area contributed by atoms with Crippen molar-refractivity contribution in [3.63, 3.8) is 0 Å². The van der Waals surface area contributed by atoms with Crippen LogP contribution in [-0.2, 0) is 14.3 Å². The second kappa shape index (κ2) is 5.83. The highest BCUT2D eigenvalue weighted by Gasteiger charge is 2.43. The zero-order valence-corrected chi connectivity index (χ0v) is 11.9. The molecule has 0 aromatic heterocycles. The molecule has 0 radical (unpaired) electrons. The number of benzene rings is 1. The lowest BCUT2D eigenvalue weighted by Crippen LogP contribution is -2.47. The van der Waals surface area contributed by atoms with E-state index < -0.39 is 0 Å². The van der Waals surface area contributed by atoms with Gasteiger partial charge in [-0.1, -0.05) is 12.1 Å². The van der Waals surface area contributed by atoms with Gasteiger partial charge in [-0.25, -0.2) is 4.90 Å². The van der Waals surface area contributed by atoms with Crippen LogP contribution in [-0.4, -0.2) is 56.2 Å². The minimum Gasteiger partial charge on any atom is -0.495 e. The average Bonchev–Trinajstić information content (AvgIpc) is 2.83. The van der Waals surface area contributed by atoms with E-state index in [2.05, 4.69) is 0 Å². The second-order valence-electron chi connectivity index (χ2n) is 5.11. The maximum atomic E-state index is 12.7. The van der Waals surface area contributed by atoms with Gasteiger partial charge in [0.05, 0.1) is 38.5 Å². The standard InChI is InChI=1S/C15H18N2O4/c1-20-13-5-3-2-4-11(13)17-14(18)10-12(15(17)19)16-6-8-21-9-7-16/h2-5,12H,6-10H2,1H3. The van der Waals surface area contributed by atoms with Gasteiger partial charge >= 0.3 is 0 Å². The molecule has 2 heterocycles. The molecule has 1 aromatic rings. The number of rotatable bonds is 3. The number of nitrogens with zero attached hydrogens (tertiary/aromatic N) is 2. The van der Waals surface area contributed by atoms with E-state index in [9.17, 15) is 9.59 Å². The summed E-state index contributed by atoms with van der Waals surface area (Å²) in [5.74, 6) is 0.175. The molecule has 21 heavy (non-hydrogen) atoms. The summed E-state index contributed by atoms with van der Waals surface area (Å²) in [5.41, 5.74) is 0.519. The van der Waals surface area contributed by atoms with Crippen LogP contribution in [0.25, 0.3) is 0 Å². The van der Waals surface area contributed by atoms with Crippen molar-refractivity contribution in [1.29, 1.82) is 0 Å². The third kappa shape index (κ3) is 2.52. The first-order valence-electron chi connectivity index (χ1n) is 7.04. The lowest BCUT2D eigenvalue weighted by molar-refractivity contribution is -0.123. The Morgan fingerprint density at radius 3 is 2.62 bits per heavy atom. The Morgan fingerprint density at radius 2 is 1.90 bits per heavy atom. The lowest BCUT2D eigenvalue weighted by Gasteiger charge is -2.30. The van der Waals surface area contributed by atoms with Crippen molar-refractivity contribution in [2.45, 2.75) is 12.5 Å². The Bertz CT molecular complexity index is 554. The van der Waals surface area contributed by atoms with Crippen LogP contribution in [0.4, 0.5) is 5.69 Å². The van der Waals surface area contributed by atoms with Crippen LogP contribution in [0.3, 0.4) is 0 Å². The molecule has 3 rings (SSSR count). The van der Waals surface area contributed by atoms with Crippen molar-refractivity contribution in [3.8, 4) is 5.75 Å². The number of anilines is 1. The van der Waals surface area contributed by atoms with E-state index in [1.54, 1.807) is 18.2 Å². The maximum absolute atomic E-state index is 12.7. The van der Waals surface area contributed by atoms with E-state index in [1.165, 1.54) is 12.0 Å². The second-order valence-corrected chi connectivity index (χ2v) is 5.11. The highest BCUT2D eigenvalue weighted by atomic mass is 16.5. The van der Waals surface area contributed by atoms with Gasteiger partial charge in [0.15, 0.2) is 0 Å². The molecular weight excluding hydrogens is 272 g/mol. The number of methoxy groups -OCH3 is 1. The predicted molar refractivity (Wildman–Crippen MR) is 76.3 cm³/mol. The molecular formula is C15H18N2O4. The number of carbonyl (C=O) groups is 2. The Labute approximate surface area is 123 Å². The van der Waals surface area contributed by atoms with Crippen molar-refractivity contribution in [2.75, 3.05) is 38.3 Å².